The van der Waals surface area contributed by atoms with Crippen LogP contribution in [0.3, 0.4) is 0 Å². The Morgan fingerprint density at radius 2 is 1.70 bits per heavy atom. The number of carboxylic acid groups (broad SMARTS) is 1. The highest BCUT2D eigenvalue weighted by atomic mass is 16.5. The van der Waals surface area contributed by atoms with Crippen LogP contribution < -0.4 is 4.74 Å². The van der Waals surface area contributed by atoms with Gasteiger partial charge in [0.2, 0.25) is 0 Å². The van der Waals surface area contributed by atoms with E-state index in [4.69, 9.17) is 4.74 Å². The fourth-order valence-electron chi connectivity index (χ4n) is 2.42. The molecule has 2 aromatic rings. The number of carboxylic acids is 1. The van der Waals surface area contributed by atoms with E-state index in [0.717, 1.165) is 11.1 Å². The van der Waals surface area contributed by atoms with Crippen LogP contribution in [-0.4, -0.2) is 17.2 Å². The molecule has 3 heteroatoms. The Morgan fingerprint density at radius 3 is 2.22 bits per heavy atom. The van der Waals surface area contributed by atoms with Gasteiger partial charge in [0, 0.05) is 6.42 Å². The van der Waals surface area contributed by atoms with E-state index in [-0.39, 0.29) is 5.41 Å². The maximum Gasteiger partial charge on any atom is 0.345 e. The molecular weight excluding hydrogens is 288 g/mol. The molecule has 23 heavy (non-hydrogen) atoms. The van der Waals surface area contributed by atoms with Crippen molar-refractivity contribution < 1.29 is 14.6 Å². The summed E-state index contributed by atoms with van der Waals surface area (Å²) in [4.78, 5) is 11.5. The average Bonchev–Trinajstić information content (AvgIpc) is 2.48. The number of aryl methyl sites for hydroxylation is 1. The third-order valence-electron chi connectivity index (χ3n) is 3.94. The molecule has 0 saturated heterocycles. The van der Waals surface area contributed by atoms with Crippen molar-refractivity contribution in [2.24, 2.45) is 0 Å². The fourth-order valence-corrected chi connectivity index (χ4v) is 2.42. The molecule has 0 aliphatic rings. The van der Waals surface area contributed by atoms with Gasteiger partial charge in [-0.2, -0.15) is 0 Å². The number of rotatable bonds is 5. The maximum absolute atomic E-state index is 11.5. The van der Waals surface area contributed by atoms with Crippen LogP contribution in [-0.2, 0) is 16.6 Å². The molecule has 0 bridgehead atoms. The monoisotopic (exact) mass is 312 g/mol. The first-order valence-electron chi connectivity index (χ1n) is 7.82. The summed E-state index contributed by atoms with van der Waals surface area (Å²) in [5.41, 5.74) is 3.32. The summed E-state index contributed by atoms with van der Waals surface area (Å²) in [7, 11) is 0. The van der Waals surface area contributed by atoms with Gasteiger partial charge in [0.05, 0.1) is 0 Å². The topological polar surface area (TPSA) is 46.5 Å². The zero-order valence-corrected chi connectivity index (χ0v) is 14.2. The van der Waals surface area contributed by atoms with Gasteiger partial charge in [0.15, 0.2) is 6.10 Å². The van der Waals surface area contributed by atoms with Gasteiger partial charge in [-0.3, -0.25) is 0 Å². The number of hydrogen-bond donors (Lipinski definition) is 1. The van der Waals surface area contributed by atoms with E-state index in [9.17, 15) is 9.90 Å². The molecule has 0 radical (unpaired) electrons. The van der Waals surface area contributed by atoms with Gasteiger partial charge in [-0.1, -0.05) is 57.2 Å². The Balaban J connectivity index is 2.14. The molecule has 122 valence electrons. The standard InChI is InChI=1S/C20H24O3/c1-14-7-5-6-8-15(14)13-18(19(21)22)23-17-11-9-16(10-12-17)20(2,3)4/h5-12,18H,13H2,1-4H3,(H,21,22). The van der Waals surface area contributed by atoms with Crippen molar-refractivity contribution in [3.05, 3.63) is 65.2 Å². The second-order valence-corrected chi connectivity index (χ2v) is 6.85. The lowest BCUT2D eigenvalue weighted by Gasteiger charge is -2.20. The zero-order valence-electron chi connectivity index (χ0n) is 14.2. The van der Waals surface area contributed by atoms with Crippen molar-refractivity contribution in [1.82, 2.24) is 0 Å². The molecule has 2 aromatic carbocycles. The van der Waals surface area contributed by atoms with Gasteiger partial charge in [-0.15, -0.1) is 0 Å². The van der Waals surface area contributed by atoms with E-state index >= 15 is 0 Å². The Hall–Kier alpha value is -2.29. The molecule has 0 aliphatic heterocycles. The van der Waals surface area contributed by atoms with Gasteiger partial charge >= 0.3 is 5.97 Å². The second-order valence-electron chi connectivity index (χ2n) is 6.85. The molecule has 0 aliphatic carbocycles. The predicted molar refractivity (Wildman–Crippen MR) is 92.1 cm³/mol. The fraction of sp³-hybridized carbons (Fsp3) is 0.350. The summed E-state index contributed by atoms with van der Waals surface area (Å²) in [5.74, 6) is -0.368. The van der Waals surface area contributed by atoms with E-state index in [2.05, 4.69) is 20.8 Å². The number of ether oxygens (including phenoxy) is 1. The Morgan fingerprint density at radius 1 is 1.09 bits per heavy atom. The molecule has 0 saturated carbocycles. The van der Waals surface area contributed by atoms with Crippen LogP contribution in [0.4, 0.5) is 0 Å². The Kier molecular flexibility index (Phi) is 5.09. The first kappa shape index (κ1) is 17.1. The summed E-state index contributed by atoms with van der Waals surface area (Å²) in [5, 5.41) is 9.45. The van der Waals surface area contributed by atoms with Crippen molar-refractivity contribution in [2.45, 2.75) is 45.6 Å². The lowest BCUT2D eigenvalue weighted by atomic mass is 9.87. The van der Waals surface area contributed by atoms with Crippen LogP contribution in [0.15, 0.2) is 48.5 Å². The first-order valence-corrected chi connectivity index (χ1v) is 7.82. The minimum Gasteiger partial charge on any atom is -0.478 e. The van der Waals surface area contributed by atoms with Crippen molar-refractivity contribution in [3.8, 4) is 5.75 Å². The highest BCUT2D eigenvalue weighted by Crippen LogP contribution is 2.25. The Bertz CT molecular complexity index is 666. The lowest BCUT2D eigenvalue weighted by molar-refractivity contribution is -0.145. The van der Waals surface area contributed by atoms with Crippen LogP contribution in [0.1, 0.15) is 37.5 Å². The number of benzene rings is 2. The van der Waals surface area contributed by atoms with Crippen LogP contribution in [0.5, 0.6) is 5.75 Å². The molecule has 0 fully saturated rings. The minimum atomic E-state index is -0.951. The van der Waals surface area contributed by atoms with Gasteiger partial charge in [-0.05, 0) is 41.2 Å². The smallest absolute Gasteiger partial charge is 0.345 e. The van der Waals surface area contributed by atoms with E-state index in [1.165, 1.54) is 5.56 Å². The van der Waals surface area contributed by atoms with Crippen molar-refractivity contribution in [2.75, 3.05) is 0 Å². The molecule has 1 unspecified atom stereocenters. The maximum atomic E-state index is 11.5. The minimum absolute atomic E-state index is 0.0614. The summed E-state index contributed by atoms with van der Waals surface area (Å²) >= 11 is 0. The summed E-state index contributed by atoms with van der Waals surface area (Å²) in [6.07, 6.45) is -0.542. The number of aliphatic carboxylic acids is 1. The lowest BCUT2D eigenvalue weighted by Crippen LogP contribution is -2.29. The van der Waals surface area contributed by atoms with E-state index in [1.54, 1.807) is 0 Å². The van der Waals surface area contributed by atoms with Gasteiger partial charge in [0.25, 0.3) is 0 Å². The second kappa shape index (κ2) is 6.86. The van der Waals surface area contributed by atoms with Crippen LogP contribution in [0, 0.1) is 6.92 Å². The largest absolute Gasteiger partial charge is 0.478 e. The van der Waals surface area contributed by atoms with Crippen molar-refractivity contribution in [3.63, 3.8) is 0 Å². The van der Waals surface area contributed by atoms with Gasteiger partial charge in [0.1, 0.15) is 5.75 Å². The molecule has 0 aromatic heterocycles. The van der Waals surface area contributed by atoms with E-state index < -0.39 is 12.1 Å². The molecule has 1 atom stereocenters. The van der Waals surface area contributed by atoms with E-state index in [1.807, 2.05) is 55.5 Å². The summed E-state index contributed by atoms with van der Waals surface area (Å²) in [6.45, 7) is 8.40. The summed E-state index contributed by atoms with van der Waals surface area (Å²) in [6, 6.07) is 15.4. The molecular formula is C20H24O3. The predicted octanol–water partition coefficient (Wildman–Crippen LogP) is 4.37. The van der Waals surface area contributed by atoms with E-state index in [0.29, 0.717) is 12.2 Å². The molecule has 2 rings (SSSR count). The average molecular weight is 312 g/mol. The van der Waals surface area contributed by atoms with Gasteiger partial charge < -0.3 is 9.84 Å². The highest BCUT2D eigenvalue weighted by Gasteiger charge is 2.21. The Labute approximate surface area is 137 Å². The molecule has 3 nitrogen and oxygen atoms in total. The number of carbonyl (C=O) groups is 1. The van der Waals surface area contributed by atoms with Crippen LogP contribution in [0.2, 0.25) is 0 Å². The van der Waals surface area contributed by atoms with Crippen molar-refractivity contribution in [1.29, 1.82) is 0 Å². The highest BCUT2D eigenvalue weighted by molar-refractivity contribution is 5.73. The van der Waals surface area contributed by atoms with Crippen LogP contribution in [0.25, 0.3) is 0 Å². The normalized spacial score (nSPS) is 12.7. The third kappa shape index (κ3) is 4.59. The molecule has 0 spiro atoms. The SMILES string of the molecule is Cc1ccccc1CC(Oc1ccc(C(C)(C)C)cc1)C(=O)O. The molecule has 0 heterocycles. The van der Waals surface area contributed by atoms with Gasteiger partial charge in [-0.25, -0.2) is 4.79 Å². The quantitative estimate of drug-likeness (QED) is 0.892. The molecule has 0 amide bonds. The zero-order chi connectivity index (χ0) is 17.0. The first-order chi connectivity index (χ1) is 10.8. The molecule has 1 N–H and O–H groups in total. The van der Waals surface area contributed by atoms with Crippen LogP contribution >= 0.6 is 0 Å². The number of hydrogen-bond acceptors (Lipinski definition) is 2. The summed E-state index contributed by atoms with van der Waals surface area (Å²) < 4.78 is 5.70. The van der Waals surface area contributed by atoms with Crippen molar-refractivity contribution >= 4 is 5.97 Å². The third-order valence-corrected chi connectivity index (χ3v) is 3.94.